The summed E-state index contributed by atoms with van der Waals surface area (Å²) in [5.41, 5.74) is 0.152. The second kappa shape index (κ2) is 4.87. The minimum atomic E-state index is -0.732. The molecule has 1 aromatic carbocycles. The van der Waals surface area contributed by atoms with Crippen LogP contribution in [0.25, 0.3) is 0 Å². The first-order chi connectivity index (χ1) is 8.99. The van der Waals surface area contributed by atoms with Crippen LogP contribution in [0.5, 0.6) is 0 Å². The third kappa shape index (κ3) is 2.25. The van der Waals surface area contributed by atoms with Crippen molar-refractivity contribution in [3.05, 3.63) is 35.4 Å². The Labute approximate surface area is 112 Å². The summed E-state index contributed by atoms with van der Waals surface area (Å²) in [5.74, 6) is 1.79. The maximum absolute atomic E-state index is 12.3. The van der Waals surface area contributed by atoms with Crippen LogP contribution in [-0.2, 0) is 4.74 Å². The first kappa shape index (κ1) is 13.3. The van der Waals surface area contributed by atoms with Crippen molar-refractivity contribution in [1.82, 2.24) is 4.90 Å². The number of carbonyl (C=O) groups excluding carboxylic acids is 2. The van der Waals surface area contributed by atoms with Crippen LogP contribution in [0.15, 0.2) is 24.3 Å². The van der Waals surface area contributed by atoms with E-state index >= 15 is 0 Å². The Bertz CT molecular complexity index is 534. The van der Waals surface area contributed by atoms with Crippen molar-refractivity contribution in [2.24, 2.45) is 0 Å². The Morgan fingerprint density at radius 1 is 1.21 bits per heavy atom. The minimum Gasteiger partial charge on any atom is -0.366 e. The van der Waals surface area contributed by atoms with E-state index in [0.717, 1.165) is 0 Å². The van der Waals surface area contributed by atoms with Crippen LogP contribution >= 0.6 is 0 Å². The zero-order chi connectivity index (χ0) is 14.0. The van der Waals surface area contributed by atoms with Gasteiger partial charge in [0, 0.05) is 0 Å². The van der Waals surface area contributed by atoms with Gasteiger partial charge in [0.25, 0.3) is 11.8 Å². The molecule has 0 unspecified atom stereocenters. The Hall–Kier alpha value is -2.12. The molecule has 1 heterocycles. The molecule has 0 radical (unpaired) electrons. The Morgan fingerprint density at radius 2 is 1.74 bits per heavy atom. The highest BCUT2D eigenvalue weighted by Crippen LogP contribution is 2.29. The van der Waals surface area contributed by atoms with Gasteiger partial charge >= 0.3 is 0 Å². The Balaban J connectivity index is 2.26. The number of hydrogen-bond acceptors (Lipinski definition) is 3. The molecule has 1 aromatic rings. The normalized spacial score (nSPS) is 14.5. The highest BCUT2D eigenvalue weighted by molar-refractivity contribution is 6.21. The number of ether oxygens (including phenoxy) is 1. The third-order valence-electron chi connectivity index (χ3n) is 3.04. The molecule has 0 fully saturated rings. The summed E-state index contributed by atoms with van der Waals surface area (Å²) in [6, 6.07) is 6.81. The van der Waals surface area contributed by atoms with Crippen molar-refractivity contribution in [1.29, 1.82) is 0 Å². The van der Waals surface area contributed by atoms with Gasteiger partial charge in [0.2, 0.25) is 0 Å². The molecule has 1 aliphatic heterocycles. The molecule has 0 atom stereocenters. The summed E-state index contributed by atoms with van der Waals surface area (Å²) >= 11 is 0. The lowest BCUT2D eigenvalue weighted by Gasteiger charge is -2.33. The van der Waals surface area contributed by atoms with Crippen molar-refractivity contribution in [3.63, 3.8) is 0 Å². The molecule has 1 aliphatic rings. The molecule has 0 aromatic heterocycles. The molecule has 0 spiro atoms. The fraction of sp³-hybridized carbons (Fsp3) is 0.333. The van der Waals surface area contributed by atoms with Crippen molar-refractivity contribution >= 4 is 11.8 Å². The average Bonchev–Trinajstić information content (AvgIpc) is 2.63. The highest BCUT2D eigenvalue weighted by Gasteiger charge is 2.43. The molecule has 0 bridgehead atoms. The largest absolute Gasteiger partial charge is 0.366 e. The highest BCUT2D eigenvalue weighted by atomic mass is 16.5. The average molecular weight is 257 g/mol. The molecule has 98 valence electrons. The van der Waals surface area contributed by atoms with Crippen LogP contribution in [-0.4, -0.2) is 35.5 Å². The van der Waals surface area contributed by atoms with Crippen LogP contribution in [0, 0.1) is 12.3 Å². The van der Waals surface area contributed by atoms with Crippen LogP contribution in [0.1, 0.15) is 34.6 Å². The van der Waals surface area contributed by atoms with E-state index in [1.165, 1.54) is 4.90 Å². The number of carbonyl (C=O) groups is 2. The van der Waals surface area contributed by atoms with E-state index in [9.17, 15) is 9.59 Å². The predicted molar refractivity (Wildman–Crippen MR) is 70.7 cm³/mol. The van der Waals surface area contributed by atoms with Crippen molar-refractivity contribution < 1.29 is 14.3 Å². The van der Waals surface area contributed by atoms with Crippen molar-refractivity contribution in [3.8, 4) is 12.3 Å². The molecule has 19 heavy (non-hydrogen) atoms. The van der Waals surface area contributed by atoms with Gasteiger partial charge in [-0.2, -0.15) is 0 Å². The zero-order valence-corrected chi connectivity index (χ0v) is 11.0. The molecule has 2 rings (SSSR count). The van der Waals surface area contributed by atoms with E-state index in [4.69, 9.17) is 11.2 Å². The molecule has 2 amide bonds. The van der Waals surface area contributed by atoms with Crippen LogP contribution in [0.2, 0.25) is 0 Å². The second-order valence-corrected chi connectivity index (χ2v) is 5.00. The van der Waals surface area contributed by atoms with E-state index in [-0.39, 0.29) is 25.0 Å². The van der Waals surface area contributed by atoms with Gasteiger partial charge in [-0.3, -0.25) is 14.5 Å². The molecule has 0 N–H and O–H groups in total. The van der Waals surface area contributed by atoms with Crippen LogP contribution in [0.3, 0.4) is 0 Å². The second-order valence-electron chi connectivity index (χ2n) is 5.00. The summed E-state index contributed by atoms with van der Waals surface area (Å²) in [6.45, 7) is 3.94. The maximum atomic E-state index is 12.3. The fourth-order valence-electron chi connectivity index (χ4n) is 2.16. The quantitative estimate of drug-likeness (QED) is 0.468. The lowest BCUT2D eigenvalue weighted by atomic mass is 10.0. The smallest absolute Gasteiger partial charge is 0.262 e. The van der Waals surface area contributed by atoms with E-state index in [1.54, 1.807) is 38.1 Å². The van der Waals surface area contributed by atoms with Gasteiger partial charge in [0.15, 0.2) is 0 Å². The maximum Gasteiger partial charge on any atom is 0.262 e. The minimum absolute atomic E-state index is 0.159. The van der Waals surface area contributed by atoms with Crippen molar-refractivity contribution in [2.75, 3.05) is 13.2 Å². The number of terminal acetylenes is 1. The monoisotopic (exact) mass is 257 g/mol. The SMILES string of the molecule is C#CCOCC(C)(C)N1C(=O)c2ccccc2C1=O. The topological polar surface area (TPSA) is 46.6 Å². The molecule has 4 heteroatoms. The fourth-order valence-corrected chi connectivity index (χ4v) is 2.16. The zero-order valence-electron chi connectivity index (χ0n) is 11.0. The summed E-state index contributed by atoms with van der Waals surface area (Å²) < 4.78 is 5.27. The number of amides is 2. The van der Waals surface area contributed by atoms with E-state index in [2.05, 4.69) is 5.92 Å². The van der Waals surface area contributed by atoms with Gasteiger partial charge < -0.3 is 4.74 Å². The van der Waals surface area contributed by atoms with Crippen LogP contribution in [0.4, 0.5) is 0 Å². The van der Waals surface area contributed by atoms with Gasteiger partial charge in [-0.1, -0.05) is 18.1 Å². The van der Waals surface area contributed by atoms with Crippen molar-refractivity contribution in [2.45, 2.75) is 19.4 Å². The van der Waals surface area contributed by atoms with Gasteiger partial charge in [0.05, 0.1) is 23.3 Å². The van der Waals surface area contributed by atoms with Gasteiger partial charge in [-0.05, 0) is 26.0 Å². The first-order valence-electron chi connectivity index (χ1n) is 5.98. The van der Waals surface area contributed by atoms with E-state index < -0.39 is 5.54 Å². The Kier molecular flexibility index (Phi) is 3.41. The van der Waals surface area contributed by atoms with Gasteiger partial charge in [-0.25, -0.2) is 0 Å². The Morgan fingerprint density at radius 3 is 2.21 bits per heavy atom. The van der Waals surface area contributed by atoms with E-state index in [1.807, 2.05) is 0 Å². The molecule has 4 nitrogen and oxygen atoms in total. The number of nitrogens with zero attached hydrogens (tertiary/aromatic N) is 1. The van der Waals surface area contributed by atoms with Gasteiger partial charge in [0.1, 0.15) is 6.61 Å². The third-order valence-corrected chi connectivity index (χ3v) is 3.04. The summed E-state index contributed by atoms with van der Waals surface area (Å²) in [6.07, 6.45) is 5.11. The molecule has 0 saturated heterocycles. The number of rotatable bonds is 4. The van der Waals surface area contributed by atoms with Gasteiger partial charge in [-0.15, -0.1) is 6.42 Å². The molecule has 0 aliphatic carbocycles. The summed E-state index contributed by atoms with van der Waals surface area (Å²) in [7, 11) is 0. The molecular weight excluding hydrogens is 242 g/mol. The number of hydrogen-bond donors (Lipinski definition) is 0. The number of imide groups is 1. The standard InChI is InChI=1S/C15H15NO3/c1-4-9-19-10-15(2,3)16-13(17)11-7-5-6-8-12(11)14(16)18/h1,5-8H,9-10H2,2-3H3. The predicted octanol–water partition coefficient (Wildman–Crippen LogP) is 1.71. The molecule has 0 saturated carbocycles. The van der Waals surface area contributed by atoms with E-state index in [0.29, 0.717) is 11.1 Å². The summed E-state index contributed by atoms with van der Waals surface area (Å²) in [4.78, 5) is 25.8. The number of fused-ring (bicyclic) bond motifs is 1. The first-order valence-corrected chi connectivity index (χ1v) is 5.98. The molecular formula is C15H15NO3. The summed E-state index contributed by atoms with van der Waals surface area (Å²) in [5, 5.41) is 0. The lowest BCUT2D eigenvalue weighted by Crippen LogP contribution is -2.50. The van der Waals surface area contributed by atoms with Crippen LogP contribution < -0.4 is 0 Å². The number of benzene rings is 1. The lowest BCUT2D eigenvalue weighted by molar-refractivity contribution is 0.0226.